The molecule has 0 unspecified atom stereocenters. The van der Waals surface area contributed by atoms with Gasteiger partial charge in [-0.3, -0.25) is 5.43 Å². The van der Waals surface area contributed by atoms with Crippen LogP contribution >= 0.6 is 0 Å². The minimum Gasteiger partial charge on any atom is -0.286 e. The second-order valence-corrected chi connectivity index (χ2v) is 4.24. The van der Waals surface area contributed by atoms with Crippen LogP contribution in [0, 0.1) is 0 Å². The van der Waals surface area contributed by atoms with Gasteiger partial charge < -0.3 is 0 Å². The Bertz CT molecular complexity index is 292. The molecule has 0 saturated heterocycles. The fraction of sp³-hybridized carbons (Fsp3) is 0.500. The van der Waals surface area contributed by atoms with Crippen LogP contribution < -0.4 is 5.43 Å². The first-order chi connectivity index (χ1) is 7.56. The first-order valence-corrected chi connectivity index (χ1v) is 5.85. The average molecular weight is 220 g/mol. The molecule has 0 bridgehead atoms. The molecule has 0 aliphatic heterocycles. The van der Waals surface area contributed by atoms with E-state index in [1.54, 1.807) is 0 Å². The zero-order chi connectivity index (χ0) is 12.4. The molecule has 2 heteroatoms. The van der Waals surface area contributed by atoms with Gasteiger partial charge in [-0.05, 0) is 45.8 Å². The van der Waals surface area contributed by atoms with Crippen LogP contribution in [0.25, 0.3) is 0 Å². The standard InChI is InChI=1S/C14H24N2/c1-6-7-8-14(11-13(4)5)16-15-10-9-12(2)3/h9-11,15H,2,6-8H2,1,3-5H3/b10-9-,16-14-. The highest BCUT2D eigenvalue weighted by molar-refractivity contribution is 5.95. The summed E-state index contributed by atoms with van der Waals surface area (Å²) in [5.41, 5.74) is 6.33. The Morgan fingerprint density at radius 2 is 2.00 bits per heavy atom. The third-order valence-corrected chi connectivity index (χ3v) is 1.89. The van der Waals surface area contributed by atoms with E-state index < -0.39 is 0 Å². The zero-order valence-electron chi connectivity index (χ0n) is 11.0. The quantitative estimate of drug-likeness (QED) is 0.388. The van der Waals surface area contributed by atoms with Crippen molar-refractivity contribution in [3.8, 4) is 0 Å². The first kappa shape index (κ1) is 14.7. The SMILES string of the molecule is C=C(C)/C=C\N/N=C(\C=C(C)C)CCCC. The summed E-state index contributed by atoms with van der Waals surface area (Å²) in [6.07, 6.45) is 9.23. The summed E-state index contributed by atoms with van der Waals surface area (Å²) in [5, 5.41) is 4.34. The molecule has 0 fully saturated rings. The fourth-order valence-electron chi connectivity index (χ4n) is 1.15. The van der Waals surface area contributed by atoms with Crippen LogP contribution in [-0.4, -0.2) is 5.71 Å². The lowest BCUT2D eigenvalue weighted by Crippen LogP contribution is -2.03. The number of rotatable bonds is 7. The van der Waals surface area contributed by atoms with E-state index in [0.29, 0.717) is 0 Å². The van der Waals surface area contributed by atoms with Crippen LogP contribution in [0.3, 0.4) is 0 Å². The first-order valence-electron chi connectivity index (χ1n) is 5.85. The van der Waals surface area contributed by atoms with Crippen LogP contribution in [0.15, 0.2) is 41.2 Å². The highest BCUT2D eigenvalue weighted by atomic mass is 15.3. The van der Waals surface area contributed by atoms with Crippen molar-refractivity contribution in [2.45, 2.75) is 47.0 Å². The van der Waals surface area contributed by atoms with Gasteiger partial charge in [-0.2, -0.15) is 5.10 Å². The van der Waals surface area contributed by atoms with E-state index in [1.165, 1.54) is 18.4 Å². The molecule has 0 radical (unpaired) electrons. The number of nitrogens with zero attached hydrogens (tertiary/aromatic N) is 1. The Morgan fingerprint density at radius 1 is 1.31 bits per heavy atom. The minimum atomic E-state index is 1.01. The molecule has 16 heavy (non-hydrogen) atoms. The molecule has 0 aromatic carbocycles. The number of allylic oxidation sites excluding steroid dienone is 4. The molecule has 0 amide bonds. The van der Waals surface area contributed by atoms with Gasteiger partial charge in [0, 0.05) is 6.20 Å². The van der Waals surface area contributed by atoms with E-state index >= 15 is 0 Å². The molecular formula is C14H24N2. The number of hydrazone groups is 1. The zero-order valence-corrected chi connectivity index (χ0v) is 11.0. The average Bonchev–Trinajstić information content (AvgIpc) is 2.19. The van der Waals surface area contributed by atoms with Gasteiger partial charge in [0.1, 0.15) is 0 Å². The number of hydrogen-bond donors (Lipinski definition) is 1. The third-order valence-electron chi connectivity index (χ3n) is 1.89. The maximum atomic E-state index is 4.34. The van der Waals surface area contributed by atoms with Gasteiger partial charge in [-0.15, -0.1) is 0 Å². The highest BCUT2D eigenvalue weighted by Crippen LogP contribution is 2.01. The molecule has 0 saturated carbocycles. The highest BCUT2D eigenvalue weighted by Gasteiger charge is 1.94. The maximum absolute atomic E-state index is 4.34. The van der Waals surface area contributed by atoms with Gasteiger partial charge in [0.2, 0.25) is 0 Å². The number of nitrogens with one attached hydrogen (secondary N) is 1. The molecule has 0 heterocycles. The predicted octanol–water partition coefficient (Wildman–Crippen LogP) is 4.18. The summed E-state index contributed by atoms with van der Waals surface area (Å²) in [7, 11) is 0. The van der Waals surface area contributed by atoms with Crippen LogP contribution in [0.1, 0.15) is 47.0 Å². The lowest BCUT2D eigenvalue weighted by Gasteiger charge is -2.01. The van der Waals surface area contributed by atoms with Gasteiger partial charge in [0.05, 0.1) is 5.71 Å². The largest absolute Gasteiger partial charge is 0.286 e. The van der Waals surface area contributed by atoms with Crippen molar-refractivity contribution >= 4 is 5.71 Å². The van der Waals surface area contributed by atoms with Crippen molar-refractivity contribution in [1.82, 2.24) is 5.43 Å². The summed E-state index contributed by atoms with van der Waals surface area (Å²) in [6.45, 7) is 12.1. The lowest BCUT2D eigenvalue weighted by molar-refractivity contribution is 0.825. The molecule has 0 spiro atoms. The van der Waals surface area contributed by atoms with Gasteiger partial charge in [-0.25, -0.2) is 0 Å². The van der Waals surface area contributed by atoms with Gasteiger partial charge in [-0.1, -0.05) is 31.1 Å². The summed E-state index contributed by atoms with van der Waals surface area (Å²) in [4.78, 5) is 0. The van der Waals surface area contributed by atoms with Crippen molar-refractivity contribution in [2.75, 3.05) is 0 Å². The smallest absolute Gasteiger partial charge is 0.0606 e. The molecule has 0 aromatic heterocycles. The molecule has 90 valence electrons. The second kappa shape index (κ2) is 8.96. The van der Waals surface area contributed by atoms with Crippen molar-refractivity contribution in [3.63, 3.8) is 0 Å². The normalized spacial score (nSPS) is 11.6. The molecule has 0 aliphatic carbocycles. The summed E-state index contributed by atoms with van der Waals surface area (Å²) in [5.74, 6) is 0. The predicted molar refractivity (Wildman–Crippen MR) is 73.5 cm³/mol. The topological polar surface area (TPSA) is 24.4 Å². The van der Waals surface area contributed by atoms with E-state index in [9.17, 15) is 0 Å². The lowest BCUT2D eigenvalue weighted by atomic mass is 10.1. The fourth-order valence-corrected chi connectivity index (χ4v) is 1.15. The number of unbranched alkanes of at least 4 members (excludes halogenated alkanes) is 1. The second-order valence-electron chi connectivity index (χ2n) is 4.24. The van der Waals surface area contributed by atoms with E-state index in [0.717, 1.165) is 17.7 Å². The molecule has 0 aliphatic rings. The molecule has 0 atom stereocenters. The van der Waals surface area contributed by atoms with Crippen molar-refractivity contribution in [3.05, 3.63) is 36.1 Å². The van der Waals surface area contributed by atoms with Crippen molar-refractivity contribution < 1.29 is 0 Å². The summed E-state index contributed by atoms with van der Waals surface area (Å²) in [6, 6.07) is 0. The summed E-state index contributed by atoms with van der Waals surface area (Å²) >= 11 is 0. The van der Waals surface area contributed by atoms with Crippen molar-refractivity contribution in [2.24, 2.45) is 5.10 Å². The maximum Gasteiger partial charge on any atom is 0.0606 e. The van der Waals surface area contributed by atoms with Gasteiger partial charge >= 0.3 is 0 Å². The molecule has 2 nitrogen and oxygen atoms in total. The van der Waals surface area contributed by atoms with Crippen molar-refractivity contribution in [1.29, 1.82) is 0 Å². The third kappa shape index (κ3) is 9.25. The van der Waals surface area contributed by atoms with Crippen LogP contribution in [0.5, 0.6) is 0 Å². The Kier molecular flexibility index (Phi) is 8.22. The molecular weight excluding hydrogens is 196 g/mol. The molecule has 0 aromatic rings. The van der Waals surface area contributed by atoms with E-state index in [1.807, 2.05) is 19.2 Å². The molecule has 0 rings (SSSR count). The van der Waals surface area contributed by atoms with Crippen LogP contribution in [0.4, 0.5) is 0 Å². The van der Waals surface area contributed by atoms with E-state index in [4.69, 9.17) is 0 Å². The Balaban J connectivity index is 4.32. The summed E-state index contributed by atoms with van der Waals surface area (Å²) < 4.78 is 0. The van der Waals surface area contributed by atoms with E-state index in [-0.39, 0.29) is 0 Å². The van der Waals surface area contributed by atoms with Crippen LogP contribution in [-0.2, 0) is 0 Å². The Hall–Kier alpha value is -1.31. The minimum absolute atomic E-state index is 1.01. The van der Waals surface area contributed by atoms with Gasteiger partial charge in [0.25, 0.3) is 0 Å². The monoisotopic (exact) mass is 220 g/mol. The van der Waals surface area contributed by atoms with Gasteiger partial charge in [0.15, 0.2) is 0 Å². The van der Waals surface area contributed by atoms with Crippen LogP contribution in [0.2, 0.25) is 0 Å². The number of hydrogen-bond acceptors (Lipinski definition) is 2. The Labute approximate surface area is 99.8 Å². The molecule has 1 N–H and O–H groups in total. The van der Waals surface area contributed by atoms with E-state index in [2.05, 4.69) is 44.0 Å². The Morgan fingerprint density at radius 3 is 2.50 bits per heavy atom.